The van der Waals surface area contributed by atoms with Crippen LogP contribution in [-0.4, -0.2) is 40.8 Å². The fourth-order valence-electron chi connectivity index (χ4n) is 1.40. The lowest BCUT2D eigenvalue weighted by atomic mass is 10.2. The van der Waals surface area contributed by atoms with Crippen LogP contribution in [0.5, 0.6) is 0 Å². The zero-order valence-corrected chi connectivity index (χ0v) is 10.1. The molecule has 11 heteroatoms. The van der Waals surface area contributed by atoms with Crippen LogP contribution in [0.1, 0.15) is 6.92 Å². The van der Waals surface area contributed by atoms with Crippen molar-refractivity contribution in [2.45, 2.75) is 30.2 Å². The quantitative estimate of drug-likeness (QED) is 0.715. The Morgan fingerprint density at radius 1 is 1.32 bits per heavy atom. The summed E-state index contributed by atoms with van der Waals surface area (Å²) in [6.07, 6.45) is -11.4. The Morgan fingerprint density at radius 3 is 2.11 bits per heavy atom. The van der Waals surface area contributed by atoms with Gasteiger partial charge < -0.3 is 10.6 Å². The maximum Gasteiger partial charge on any atom is 0.430 e. The van der Waals surface area contributed by atoms with Gasteiger partial charge in [-0.2, -0.15) is 26.3 Å². The summed E-state index contributed by atoms with van der Waals surface area (Å²) in [4.78, 5) is 17.6. The highest BCUT2D eigenvalue weighted by Gasteiger charge is 2.74. The third-order valence-electron chi connectivity index (χ3n) is 2.26. The van der Waals surface area contributed by atoms with E-state index >= 15 is 0 Å². The first-order valence-electron chi connectivity index (χ1n) is 4.77. The van der Waals surface area contributed by atoms with Gasteiger partial charge in [0.05, 0.1) is 0 Å². The van der Waals surface area contributed by atoms with Gasteiger partial charge in [0.15, 0.2) is 0 Å². The van der Waals surface area contributed by atoms with Gasteiger partial charge in [-0.15, -0.1) is 11.8 Å². The third-order valence-corrected chi connectivity index (χ3v) is 3.76. The highest BCUT2D eigenvalue weighted by atomic mass is 32.2. The molecule has 19 heavy (non-hydrogen) atoms. The average Bonchev–Trinajstić information content (AvgIpc) is 2.16. The highest BCUT2D eigenvalue weighted by molar-refractivity contribution is 8.01. The molecule has 1 saturated heterocycles. The van der Waals surface area contributed by atoms with E-state index in [9.17, 15) is 35.9 Å². The molecule has 1 unspecified atom stereocenters. The lowest BCUT2D eigenvalue weighted by Gasteiger charge is -2.41. The molecule has 1 rings (SSSR count). The van der Waals surface area contributed by atoms with Crippen molar-refractivity contribution in [3.8, 4) is 0 Å². The SMILES string of the molecule is CC(=O)NC1CSC(C(F)(F)F)(C(F)(F)F)NC1=O. The smallest absolute Gasteiger partial charge is 0.344 e. The van der Waals surface area contributed by atoms with Crippen LogP contribution in [0.15, 0.2) is 0 Å². The maximum atomic E-state index is 12.6. The van der Waals surface area contributed by atoms with E-state index in [1.807, 2.05) is 5.32 Å². The monoisotopic (exact) mass is 310 g/mol. The Hall–Kier alpha value is -1.13. The van der Waals surface area contributed by atoms with Crippen molar-refractivity contribution in [3.63, 3.8) is 0 Å². The highest BCUT2D eigenvalue weighted by Crippen LogP contribution is 2.51. The molecule has 0 aromatic heterocycles. The average molecular weight is 310 g/mol. The van der Waals surface area contributed by atoms with Gasteiger partial charge in [0.2, 0.25) is 11.8 Å². The predicted molar refractivity (Wildman–Crippen MR) is 53.0 cm³/mol. The van der Waals surface area contributed by atoms with Crippen LogP contribution in [0.2, 0.25) is 0 Å². The minimum atomic E-state index is -5.70. The van der Waals surface area contributed by atoms with Gasteiger partial charge in [0, 0.05) is 12.7 Å². The summed E-state index contributed by atoms with van der Waals surface area (Å²) in [6.45, 7) is 0.993. The number of carbonyl (C=O) groups is 2. The molecule has 0 saturated carbocycles. The number of halogens is 6. The molecule has 1 atom stereocenters. The summed E-state index contributed by atoms with van der Waals surface area (Å²) in [5, 5.41) is 2.89. The summed E-state index contributed by atoms with van der Waals surface area (Å²) in [7, 11) is 0. The molecule has 1 aliphatic heterocycles. The zero-order chi connectivity index (χ0) is 15.1. The maximum absolute atomic E-state index is 12.6. The number of rotatable bonds is 1. The van der Waals surface area contributed by atoms with Gasteiger partial charge in [0.1, 0.15) is 6.04 Å². The van der Waals surface area contributed by atoms with Crippen molar-refractivity contribution in [1.29, 1.82) is 0 Å². The molecule has 0 bridgehead atoms. The van der Waals surface area contributed by atoms with Crippen LogP contribution >= 0.6 is 11.8 Å². The number of hydrogen-bond acceptors (Lipinski definition) is 3. The minimum absolute atomic E-state index is 0.518. The second-order valence-corrected chi connectivity index (χ2v) is 4.96. The fourth-order valence-corrected chi connectivity index (χ4v) is 2.55. The van der Waals surface area contributed by atoms with Gasteiger partial charge in [-0.1, -0.05) is 0 Å². The van der Waals surface area contributed by atoms with Gasteiger partial charge in [-0.3, -0.25) is 9.59 Å². The summed E-state index contributed by atoms with van der Waals surface area (Å²) < 4.78 is 75.7. The lowest BCUT2D eigenvalue weighted by molar-refractivity contribution is -0.273. The van der Waals surface area contributed by atoms with Gasteiger partial charge in [0.25, 0.3) is 4.87 Å². The largest absolute Gasteiger partial charge is 0.430 e. The molecule has 0 aliphatic carbocycles. The summed E-state index contributed by atoms with van der Waals surface area (Å²) in [5.41, 5.74) is 0. The standard InChI is InChI=1S/C8H8F6N2O2S/c1-3(17)15-4-2-19-6(7(9,10)11,8(12,13)14)16-5(4)18/h4H,2H2,1H3,(H,15,17)(H,16,18). The van der Waals surface area contributed by atoms with Crippen LogP contribution in [-0.2, 0) is 9.59 Å². The number of carbonyl (C=O) groups excluding carboxylic acids is 2. The van der Waals surface area contributed by atoms with Crippen molar-refractivity contribution in [2.75, 3.05) is 5.75 Å². The van der Waals surface area contributed by atoms with Crippen molar-refractivity contribution < 1.29 is 35.9 Å². The van der Waals surface area contributed by atoms with E-state index in [0.717, 1.165) is 12.2 Å². The summed E-state index contributed by atoms with van der Waals surface area (Å²) in [6, 6.07) is -1.43. The Balaban J connectivity index is 3.03. The van der Waals surface area contributed by atoms with E-state index in [-0.39, 0.29) is 0 Å². The fraction of sp³-hybridized carbons (Fsp3) is 0.750. The van der Waals surface area contributed by atoms with Crippen LogP contribution in [0.25, 0.3) is 0 Å². The van der Waals surface area contributed by atoms with Crippen LogP contribution in [0.4, 0.5) is 26.3 Å². The topological polar surface area (TPSA) is 58.2 Å². The number of alkyl halides is 6. The van der Waals surface area contributed by atoms with Gasteiger partial charge in [-0.25, -0.2) is 0 Å². The van der Waals surface area contributed by atoms with Crippen molar-refractivity contribution in [3.05, 3.63) is 0 Å². The minimum Gasteiger partial charge on any atom is -0.344 e. The molecular weight excluding hydrogens is 302 g/mol. The van der Waals surface area contributed by atoms with E-state index in [4.69, 9.17) is 0 Å². The summed E-state index contributed by atoms with van der Waals surface area (Å²) in [5.74, 6) is -3.08. The first-order valence-corrected chi connectivity index (χ1v) is 5.76. The lowest BCUT2D eigenvalue weighted by Crippen LogP contribution is -2.71. The Kier molecular flexibility index (Phi) is 3.99. The van der Waals surface area contributed by atoms with Crippen LogP contribution in [0.3, 0.4) is 0 Å². The molecule has 1 heterocycles. The predicted octanol–water partition coefficient (Wildman–Crippen LogP) is 1.18. The molecular formula is C8H8F6N2O2S. The molecule has 0 aromatic carbocycles. The third kappa shape index (κ3) is 2.90. The van der Waals surface area contributed by atoms with E-state index in [2.05, 4.69) is 0 Å². The molecule has 0 spiro atoms. The number of thioether (sulfide) groups is 1. The molecule has 4 nitrogen and oxygen atoms in total. The van der Waals surface area contributed by atoms with Crippen LogP contribution in [0, 0.1) is 0 Å². The first-order chi connectivity index (χ1) is 8.41. The zero-order valence-electron chi connectivity index (χ0n) is 9.28. The van der Waals surface area contributed by atoms with Crippen molar-refractivity contribution in [1.82, 2.24) is 10.6 Å². The normalized spacial score (nSPS) is 23.7. The molecule has 2 N–H and O–H groups in total. The Labute approximate surface area is 107 Å². The Morgan fingerprint density at radius 2 is 1.79 bits per heavy atom. The molecule has 1 aliphatic rings. The molecule has 0 radical (unpaired) electrons. The van der Waals surface area contributed by atoms with Crippen molar-refractivity contribution >= 4 is 23.6 Å². The molecule has 0 aromatic rings. The van der Waals surface area contributed by atoms with E-state index in [1.54, 1.807) is 0 Å². The van der Waals surface area contributed by atoms with E-state index in [1.165, 1.54) is 0 Å². The second-order valence-electron chi connectivity index (χ2n) is 3.73. The first kappa shape index (κ1) is 15.9. The van der Waals surface area contributed by atoms with E-state index in [0.29, 0.717) is 0 Å². The molecule has 2 amide bonds. The van der Waals surface area contributed by atoms with E-state index < -0.39 is 52.6 Å². The number of nitrogens with one attached hydrogen (secondary N) is 2. The molecule has 110 valence electrons. The Bertz CT molecular complexity index is 380. The second kappa shape index (κ2) is 4.76. The molecule has 1 fully saturated rings. The number of hydrogen-bond donors (Lipinski definition) is 2. The van der Waals surface area contributed by atoms with Gasteiger partial charge >= 0.3 is 12.4 Å². The van der Waals surface area contributed by atoms with Crippen molar-refractivity contribution in [2.24, 2.45) is 0 Å². The summed E-state index contributed by atoms with van der Waals surface area (Å²) >= 11 is -0.518. The van der Waals surface area contributed by atoms with Gasteiger partial charge in [-0.05, 0) is 0 Å². The number of amides is 2. The van der Waals surface area contributed by atoms with Crippen LogP contribution < -0.4 is 10.6 Å².